The normalized spacial score (nSPS) is 20.8. The summed E-state index contributed by atoms with van der Waals surface area (Å²) in [6, 6.07) is 18.4. The number of hydrogen-bond donors (Lipinski definition) is 1. The molecule has 0 radical (unpaired) electrons. The molecule has 1 N–H and O–H groups in total. The molecule has 4 heteroatoms. The Hall–Kier alpha value is -2.30. The minimum Gasteiger partial charge on any atom is -0.497 e. The summed E-state index contributed by atoms with van der Waals surface area (Å²) in [7, 11) is 1.69. The molecule has 0 amide bonds. The number of hydrogen-bond acceptors (Lipinski definition) is 4. The zero-order valence-electron chi connectivity index (χ0n) is 15.9. The molecule has 0 spiro atoms. The number of methoxy groups -OCH3 is 1. The lowest BCUT2D eigenvalue weighted by molar-refractivity contribution is 0.0263. The number of fused-ring (bicyclic) bond motifs is 1. The first-order valence-corrected chi connectivity index (χ1v) is 9.63. The van der Waals surface area contributed by atoms with Crippen molar-refractivity contribution < 1.29 is 14.3 Å². The Balaban J connectivity index is 1.49. The van der Waals surface area contributed by atoms with E-state index in [0.29, 0.717) is 0 Å². The molecule has 0 saturated carbocycles. The van der Waals surface area contributed by atoms with Crippen molar-refractivity contribution in [1.82, 2.24) is 4.90 Å². The molecule has 2 heterocycles. The summed E-state index contributed by atoms with van der Waals surface area (Å²) in [6.07, 6.45) is 2.99. The number of piperidine rings is 1. The Morgan fingerprint density at radius 2 is 2.04 bits per heavy atom. The predicted molar refractivity (Wildman–Crippen MR) is 107 cm³/mol. The van der Waals surface area contributed by atoms with Crippen molar-refractivity contribution in [1.29, 1.82) is 0 Å². The monoisotopic (exact) mass is 365 g/mol. The Morgan fingerprint density at radius 3 is 2.85 bits per heavy atom. The molecule has 27 heavy (non-hydrogen) atoms. The highest BCUT2D eigenvalue weighted by molar-refractivity contribution is 5.77. The van der Waals surface area contributed by atoms with Gasteiger partial charge in [0.1, 0.15) is 17.1 Å². The second-order valence-electron chi connectivity index (χ2n) is 7.75. The third kappa shape index (κ3) is 4.02. The fraction of sp³-hybridized carbons (Fsp3) is 0.391. The molecule has 1 atom stereocenters. The second kappa shape index (κ2) is 7.75. The van der Waals surface area contributed by atoms with E-state index in [1.807, 2.05) is 30.3 Å². The summed E-state index contributed by atoms with van der Waals surface area (Å²) < 4.78 is 11.4. The van der Waals surface area contributed by atoms with Gasteiger partial charge in [0, 0.05) is 17.3 Å². The first kappa shape index (κ1) is 18.1. The minimum atomic E-state index is -0.114. The highest BCUT2D eigenvalue weighted by Gasteiger charge is 2.35. The molecule has 0 bridgehead atoms. The molecule has 3 aromatic rings. The molecule has 4 rings (SSSR count). The van der Waals surface area contributed by atoms with E-state index in [1.54, 1.807) is 7.11 Å². The minimum absolute atomic E-state index is 0.114. The van der Waals surface area contributed by atoms with Crippen LogP contribution < -0.4 is 4.74 Å². The molecule has 2 aromatic carbocycles. The van der Waals surface area contributed by atoms with Crippen molar-refractivity contribution >= 4 is 11.0 Å². The number of aliphatic hydroxyl groups is 1. The summed E-state index contributed by atoms with van der Waals surface area (Å²) >= 11 is 0. The van der Waals surface area contributed by atoms with Crippen LogP contribution in [-0.4, -0.2) is 36.8 Å². The van der Waals surface area contributed by atoms with Gasteiger partial charge in [-0.25, -0.2) is 0 Å². The van der Waals surface area contributed by atoms with Crippen LogP contribution in [0, 0.1) is 5.41 Å². The molecule has 142 valence electrons. The number of nitrogens with zero attached hydrogens (tertiary/aromatic N) is 1. The maximum absolute atomic E-state index is 10.2. The molecule has 1 saturated heterocycles. The molecule has 1 fully saturated rings. The molecule has 1 aromatic heterocycles. The Kier molecular flexibility index (Phi) is 5.19. The summed E-state index contributed by atoms with van der Waals surface area (Å²) in [4.78, 5) is 2.41. The molecule has 1 aliphatic heterocycles. The van der Waals surface area contributed by atoms with E-state index < -0.39 is 0 Å². The van der Waals surface area contributed by atoms with Gasteiger partial charge in [-0.2, -0.15) is 0 Å². The van der Waals surface area contributed by atoms with E-state index in [0.717, 1.165) is 61.4 Å². The highest BCUT2D eigenvalue weighted by Crippen LogP contribution is 2.35. The lowest BCUT2D eigenvalue weighted by atomic mass is 9.75. The van der Waals surface area contributed by atoms with Gasteiger partial charge in [-0.05, 0) is 55.6 Å². The van der Waals surface area contributed by atoms with Gasteiger partial charge in [0.2, 0.25) is 0 Å². The second-order valence-corrected chi connectivity index (χ2v) is 7.75. The number of furan rings is 1. The van der Waals surface area contributed by atoms with Crippen LogP contribution in [0.25, 0.3) is 11.0 Å². The zero-order chi connectivity index (χ0) is 18.7. The highest BCUT2D eigenvalue weighted by atomic mass is 16.5. The van der Waals surface area contributed by atoms with Crippen LogP contribution >= 0.6 is 0 Å². The summed E-state index contributed by atoms with van der Waals surface area (Å²) in [5.41, 5.74) is 2.04. The fourth-order valence-corrected chi connectivity index (χ4v) is 4.32. The molecular weight excluding hydrogens is 338 g/mol. The van der Waals surface area contributed by atoms with Crippen LogP contribution in [0.15, 0.2) is 59.0 Å². The third-order valence-corrected chi connectivity index (χ3v) is 5.65. The van der Waals surface area contributed by atoms with E-state index in [9.17, 15) is 5.11 Å². The molecule has 1 aliphatic rings. The summed E-state index contributed by atoms with van der Waals surface area (Å²) in [6.45, 7) is 2.89. The van der Waals surface area contributed by atoms with Gasteiger partial charge >= 0.3 is 0 Å². The van der Waals surface area contributed by atoms with Crippen LogP contribution in [0.4, 0.5) is 0 Å². The van der Waals surface area contributed by atoms with Gasteiger partial charge in [-0.3, -0.25) is 4.90 Å². The first-order chi connectivity index (χ1) is 13.2. The maximum atomic E-state index is 10.2. The van der Waals surface area contributed by atoms with Gasteiger partial charge in [0.15, 0.2) is 0 Å². The van der Waals surface area contributed by atoms with E-state index in [1.165, 1.54) is 5.56 Å². The van der Waals surface area contributed by atoms with Gasteiger partial charge in [-0.15, -0.1) is 0 Å². The van der Waals surface area contributed by atoms with Crippen LogP contribution in [0.5, 0.6) is 5.75 Å². The smallest absolute Gasteiger partial charge is 0.134 e. The average Bonchev–Trinajstić information content (AvgIpc) is 3.10. The van der Waals surface area contributed by atoms with Crippen molar-refractivity contribution in [2.24, 2.45) is 5.41 Å². The number of benzene rings is 2. The van der Waals surface area contributed by atoms with Crippen LogP contribution in [0.2, 0.25) is 0 Å². The standard InChI is InChI=1S/C23H27NO3/c1-26-20-8-4-6-18(12-20)14-23(17-25)10-5-11-24(16-23)15-21-13-19-7-2-3-9-22(19)27-21/h2-4,6-9,12-13,25H,5,10-11,14-17H2,1H3/t23-/m0/s1. The number of rotatable bonds is 6. The SMILES string of the molecule is COc1cccc(C[C@@]2(CO)CCCN(Cc3cc4ccccc4o3)C2)c1. The van der Waals surface area contributed by atoms with Crippen LogP contribution in [0.3, 0.4) is 0 Å². The van der Waals surface area contributed by atoms with Gasteiger partial charge < -0.3 is 14.3 Å². The molecule has 4 nitrogen and oxygen atoms in total. The van der Waals surface area contributed by atoms with Crippen LogP contribution in [0.1, 0.15) is 24.2 Å². The number of para-hydroxylation sites is 1. The Labute approximate surface area is 160 Å². The number of ether oxygens (including phenoxy) is 1. The van der Waals surface area contributed by atoms with Crippen molar-refractivity contribution in [2.45, 2.75) is 25.8 Å². The Morgan fingerprint density at radius 1 is 1.15 bits per heavy atom. The van der Waals surface area contributed by atoms with Crippen molar-refractivity contribution in [3.8, 4) is 5.75 Å². The fourth-order valence-electron chi connectivity index (χ4n) is 4.32. The van der Waals surface area contributed by atoms with Crippen LogP contribution in [-0.2, 0) is 13.0 Å². The first-order valence-electron chi connectivity index (χ1n) is 9.63. The van der Waals surface area contributed by atoms with E-state index in [4.69, 9.17) is 9.15 Å². The molecule has 0 unspecified atom stereocenters. The van der Waals surface area contributed by atoms with E-state index >= 15 is 0 Å². The average molecular weight is 365 g/mol. The summed E-state index contributed by atoms with van der Waals surface area (Å²) in [5, 5.41) is 11.4. The summed E-state index contributed by atoms with van der Waals surface area (Å²) in [5.74, 6) is 1.86. The van der Waals surface area contributed by atoms with Gasteiger partial charge in [-0.1, -0.05) is 30.3 Å². The Bertz CT molecular complexity index is 870. The van der Waals surface area contributed by atoms with E-state index in [-0.39, 0.29) is 12.0 Å². The topological polar surface area (TPSA) is 45.8 Å². The maximum Gasteiger partial charge on any atom is 0.134 e. The van der Waals surface area contributed by atoms with Gasteiger partial charge in [0.25, 0.3) is 0 Å². The lowest BCUT2D eigenvalue weighted by Crippen LogP contribution is -2.46. The molecular formula is C23H27NO3. The zero-order valence-corrected chi connectivity index (χ0v) is 15.9. The van der Waals surface area contributed by atoms with Crippen molar-refractivity contribution in [3.05, 3.63) is 65.9 Å². The largest absolute Gasteiger partial charge is 0.497 e. The van der Waals surface area contributed by atoms with Gasteiger partial charge in [0.05, 0.1) is 20.3 Å². The third-order valence-electron chi connectivity index (χ3n) is 5.65. The molecule has 0 aliphatic carbocycles. The number of likely N-dealkylation sites (tertiary alicyclic amines) is 1. The van der Waals surface area contributed by atoms with Crippen molar-refractivity contribution in [3.63, 3.8) is 0 Å². The predicted octanol–water partition coefficient (Wildman–Crippen LogP) is 4.26. The van der Waals surface area contributed by atoms with Crippen molar-refractivity contribution in [2.75, 3.05) is 26.8 Å². The number of aliphatic hydroxyl groups excluding tert-OH is 1. The lowest BCUT2D eigenvalue weighted by Gasteiger charge is -2.41. The quantitative estimate of drug-likeness (QED) is 0.709. The van der Waals surface area contributed by atoms with E-state index in [2.05, 4.69) is 29.2 Å².